The summed E-state index contributed by atoms with van der Waals surface area (Å²) in [5.74, 6) is -0.211. The molecule has 0 bridgehead atoms. The minimum absolute atomic E-state index is 0.211. The van der Waals surface area contributed by atoms with Crippen LogP contribution in [0, 0.1) is 111 Å². The molecule has 0 aliphatic heterocycles. The van der Waals surface area contributed by atoms with E-state index in [4.69, 9.17) is 0 Å². The van der Waals surface area contributed by atoms with E-state index in [1.165, 1.54) is 95.9 Å². The van der Waals surface area contributed by atoms with Crippen LogP contribution < -0.4 is 0 Å². The van der Waals surface area contributed by atoms with Gasteiger partial charge in [-0.05, 0) is 118 Å². The number of carbonyl (C=O) groups excluding carboxylic acids is 1. The van der Waals surface area contributed by atoms with Crippen LogP contribution >= 0.6 is 0 Å². The Morgan fingerprint density at radius 3 is 0.220 bits per heavy atom. The van der Waals surface area contributed by atoms with Crippen molar-refractivity contribution < 1.29 is 9.53 Å². The highest BCUT2D eigenvalue weighted by atomic mass is 16.5. The second kappa shape index (κ2) is 76.6. The zero-order chi connectivity index (χ0) is 86.8. The van der Waals surface area contributed by atoms with E-state index in [1.54, 1.807) is 6.92 Å². The van der Waals surface area contributed by atoms with Crippen LogP contribution in [0.1, 0.15) is 103 Å². The molecule has 0 fully saturated rings. The molecule has 0 saturated carbocycles. The van der Waals surface area contributed by atoms with E-state index in [0.717, 1.165) is 0 Å². The fourth-order valence-corrected chi connectivity index (χ4v) is 8.75. The third-order valence-electron chi connectivity index (χ3n) is 15.4. The lowest BCUT2D eigenvalue weighted by Crippen LogP contribution is -1.95. The number of aryl methyl sites for hydroxylation is 16. The number of hydrogen-bond acceptors (Lipinski definition) is 2. The molecule has 0 aliphatic rings. The monoisotopic (exact) mass is 1560 g/mol. The number of carbonyl (C=O) groups is 1. The van der Waals surface area contributed by atoms with Gasteiger partial charge >= 0.3 is 5.97 Å². The van der Waals surface area contributed by atoms with E-state index in [1.807, 2.05) is 291 Å². The average molecular weight is 1560 g/mol. The zero-order valence-corrected chi connectivity index (χ0v) is 74.2. The highest BCUT2D eigenvalue weighted by Crippen LogP contribution is 2.02. The fourth-order valence-electron chi connectivity index (χ4n) is 8.75. The maximum atomic E-state index is 9.82. The summed E-state index contributed by atoms with van der Waals surface area (Å²) in [6, 6.07) is 164. The standard InChI is InChI=1S/16C7H8.C4H8O2/c16*1-7-5-3-2-4-6-7;1-3-6-4(2)5/h16*2-6H,1H3;3H2,1-2H3. The van der Waals surface area contributed by atoms with E-state index >= 15 is 0 Å². The van der Waals surface area contributed by atoms with Gasteiger partial charge in [0.2, 0.25) is 0 Å². The van der Waals surface area contributed by atoms with Gasteiger partial charge in [0, 0.05) is 6.92 Å². The fraction of sp³-hybridized carbons (Fsp3) is 0.164. The molecule has 0 saturated heterocycles. The van der Waals surface area contributed by atoms with E-state index in [-0.39, 0.29) is 5.97 Å². The second-order valence-electron chi connectivity index (χ2n) is 27.4. The van der Waals surface area contributed by atoms with Crippen LogP contribution in [0.15, 0.2) is 485 Å². The topological polar surface area (TPSA) is 26.3 Å². The Labute approximate surface area is 716 Å². The predicted octanol–water partition coefficient (Wildman–Crippen LogP) is 32.5. The average Bonchev–Trinajstić information content (AvgIpc) is 1.68. The highest BCUT2D eigenvalue weighted by Gasteiger charge is 1.84. The van der Waals surface area contributed by atoms with Gasteiger partial charge in [-0.15, -0.1) is 0 Å². The molecule has 0 heterocycles. The van der Waals surface area contributed by atoms with Crippen LogP contribution in [-0.4, -0.2) is 12.6 Å². The second-order valence-corrected chi connectivity index (χ2v) is 27.4. The molecule has 0 N–H and O–H groups in total. The first kappa shape index (κ1) is 105. The van der Waals surface area contributed by atoms with Crippen LogP contribution in [0.3, 0.4) is 0 Å². The lowest BCUT2D eigenvalue weighted by molar-refractivity contribution is -0.140. The predicted molar refractivity (Wildman–Crippen MR) is 521 cm³/mol. The first-order valence-electron chi connectivity index (χ1n) is 40.5. The van der Waals surface area contributed by atoms with Crippen molar-refractivity contribution in [3.05, 3.63) is 574 Å². The molecular weight excluding hydrogens is 1430 g/mol. The summed E-state index contributed by atoms with van der Waals surface area (Å²) >= 11 is 0. The molecule has 2 heteroatoms. The Kier molecular flexibility index (Phi) is 68.2. The Bertz CT molecular complexity index is 3450. The normalized spacial score (nSPS) is 8.66. The summed E-state index contributed by atoms with van der Waals surface area (Å²) in [6.07, 6.45) is 0. The molecule has 2 nitrogen and oxygen atoms in total. The Morgan fingerprint density at radius 1 is 0.144 bits per heavy atom. The van der Waals surface area contributed by atoms with E-state index in [9.17, 15) is 4.79 Å². The van der Waals surface area contributed by atoms with Crippen molar-refractivity contribution in [3.8, 4) is 0 Å². The van der Waals surface area contributed by atoms with Gasteiger partial charge in [0.1, 0.15) is 0 Å². The molecular formula is C116H136O2. The van der Waals surface area contributed by atoms with Crippen LogP contribution in [0.5, 0.6) is 0 Å². The molecule has 0 atom stereocenters. The van der Waals surface area contributed by atoms with Crippen LogP contribution in [0.2, 0.25) is 0 Å². The van der Waals surface area contributed by atoms with Gasteiger partial charge < -0.3 is 4.74 Å². The largest absolute Gasteiger partial charge is 0.466 e. The molecule has 0 amide bonds. The van der Waals surface area contributed by atoms with Crippen LogP contribution in [-0.2, 0) is 9.53 Å². The van der Waals surface area contributed by atoms with E-state index in [0.29, 0.717) is 6.61 Å². The first-order valence-corrected chi connectivity index (χ1v) is 40.5. The molecule has 16 aromatic carbocycles. The smallest absolute Gasteiger partial charge is 0.302 e. The number of hydrogen-bond donors (Lipinski definition) is 0. The number of ether oxygens (including phenoxy) is 1. The van der Waals surface area contributed by atoms with Gasteiger partial charge in [-0.2, -0.15) is 0 Å². The van der Waals surface area contributed by atoms with Gasteiger partial charge in [-0.1, -0.05) is 574 Å². The van der Waals surface area contributed by atoms with Crippen LogP contribution in [0.25, 0.3) is 0 Å². The van der Waals surface area contributed by atoms with Crippen molar-refractivity contribution in [2.45, 2.75) is 125 Å². The molecule has 612 valence electrons. The zero-order valence-electron chi connectivity index (χ0n) is 74.2. The highest BCUT2D eigenvalue weighted by molar-refractivity contribution is 5.65. The minimum Gasteiger partial charge on any atom is -0.466 e. The van der Waals surface area contributed by atoms with E-state index in [2.05, 4.69) is 310 Å². The molecule has 16 aromatic rings. The van der Waals surface area contributed by atoms with Crippen molar-refractivity contribution in [3.63, 3.8) is 0 Å². The summed E-state index contributed by atoms with van der Waals surface area (Å²) in [5.41, 5.74) is 21.1. The van der Waals surface area contributed by atoms with Crippen molar-refractivity contribution in [2.75, 3.05) is 6.61 Å². The quantitative estimate of drug-likeness (QED) is 0.153. The van der Waals surface area contributed by atoms with E-state index < -0.39 is 0 Å². The maximum absolute atomic E-state index is 9.82. The minimum atomic E-state index is -0.211. The summed E-state index contributed by atoms with van der Waals surface area (Å²) in [6.45, 7) is 37.0. The lowest BCUT2D eigenvalue weighted by Gasteiger charge is -1.89. The number of benzene rings is 16. The Balaban J connectivity index is 0.00000123. The SMILES string of the molecule is CCOC(C)=O.Cc1ccccc1.Cc1ccccc1.Cc1ccccc1.Cc1ccccc1.Cc1ccccc1.Cc1ccccc1.Cc1ccccc1.Cc1ccccc1.Cc1ccccc1.Cc1ccccc1.Cc1ccccc1.Cc1ccccc1.Cc1ccccc1.Cc1ccccc1.Cc1ccccc1.Cc1ccccc1. The summed E-state index contributed by atoms with van der Waals surface area (Å²) in [5, 5.41) is 0. The molecule has 0 unspecified atom stereocenters. The molecule has 118 heavy (non-hydrogen) atoms. The number of rotatable bonds is 1. The van der Waals surface area contributed by atoms with Crippen molar-refractivity contribution in [1.82, 2.24) is 0 Å². The Morgan fingerprint density at radius 2 is 0.203 bits per heavy atom. The van der Waals surface area contributed by atoms with Crippen molar-refractivity contribution in [1.29, 1.82) is 0 Å². The third-order valence-corrected chi connectivity index (χ3v) is 15.4. The summed E-state index contributed by atoms with van der Waals surface area (Å²) in [7, 11) is 0. The first-order chi connectivity index (χ1) is 57.1. The van der Waals surface area contributed by atoms with Gasteiger partial charge in [0.25, 0.3) is 0 Å². The maximum Gasteiger partial charge on any atom is 0.302 e. The third kappa shape index (κ3) is 77.0. The number of esters is 1. The van der Waals surface area contributed by atoms with Crippen molar-refractivity contribution >= 4 is 5.97 Å². The van der Waals surface area contributed by atoms with Crippen molar-refractivity contribution in [2.24, 2.45) is 0 Å². The van der Waals surface area contributed by atoms with Gasteiger partial charge in [-0.3, -0.25) is 4.79 Å². The molecule has 0 aromatic heterocycles. The van der Waals surface area contributed by atoms with Gasteiger partial charge in [0.15, 0.2) is 0 Å². The summed E-state index contributed by atoms with van der Waals surface area (Å²) in [4.78, 5) is 9.82. The van der Waals surface area contributed by atoms with Crippen LogP contribution in [0.4, 0.5) is 0 Å². The Hall–Kier alpha value is -13.0. The van der Waals surface area contributed by atoms with Gasteiger partial charge in [0.05, 0.1) is 6.61 Å². The molecule has 16 rings (SSSR count). The lowest BCUT2D eigenvalue weighted by atomic mass is 10.2. The van der Waals surface area contributed by atoms with Gasteiger partial charge in [-0.25, -0.2) is 0 Å². The molecule has 0 radical (unpaired) electrons. The molecule has 0 spiro atoms. The molecule has 0 aliphatic carbocycles. The summed E-state index contributed by atoms with van der Waals surface area (Å²) < 4.78 is 4.40.